The van der Waals surface area contributed by atoms with Crippen LogP contribution in [0.25, 0.3) is 10.9 Å². The van der Waals surface area contributed by atoms with Gasteiger partial charge < -0.3 is 14.8 Å². The zero-order valence-corrected chi connectivity index (χ0v) is 18.1. The Morgan fingerprint density at radius 3 is 2.58 bits per heavy atom. The second-order valence-corrected chi connectivity index (χ2v) is 7.62. The molecule has 0 fully saturated rings. The molecule has 156 valence electrons. The number of aromatic nitrogens is 1. The van der Waals surface area contributed by atoms with Crippen molar-refractivity contribution in [2.24, 2.45) is 0 Å². The van der Waals surface area contributed by atoms with Gasteiger partial charge in [-0.3, -0.25) is 10.1 Å². The first-order chi connectivity index (χ1) is 15.0. The molecule has 0 bridgehead atoms. The Labute approximate surface area is 186 Å². The third kappa shape index (κ3) is 4.59. The van der Waals surface area contributed by atoms with Crippen molar-refractivity contribution in [3.05, 3.63) is 93.1 Å². The van der Waals surface area contributed by atoms with E-state index in [0.29, 0.717) is 40.4 Å². The van der Waals surface area contributed by atoms with Crippen molar-refractivity contribution in [1.29, 1.82) is 0 Å². The van der Waals surface area contributed by atoms with E-state index in [4.69, 9.17) is 9.47 Å². The summed E-state index contributed by atoms with van der Waals surface area (Å²) in [6, 6.07) is 20.6. The minimum atomic E-state index is -0.459. The monoisotopic (exact) mass is 479 g/mol. The number of hydrogen-bond donors (Lipinski definition) is 1. The van der Waals surface area contributed by atoms with E-state index in [-0.39, 0.29) is 5.69 Å². The van der Waals surface area contributed by atoms with Crippen molar-refractivity contribution in [3.63, 3.8) is 0 Å². The summed E-state index contributed by atoms with van der Waals surface area (Å²) in [4.78, 5) is 15.5. The molecule has 0 aliphatic rings. The highest BCUT2D eigenvalue weighted by atomic mass is 79.9. The number of fused-ring (bicyclic) bond motifs is 1. The van der Waals surface area contributed by atoms with Gasteiger partial charge in [0.05, 0.1) is 17.5 Å². The first-order valence-electron chi connectivity index (χ1n) is 9.39. The fraction of sp³-hybridized carbons (Fsp3) is 0.0870. The molecule has 0 aliphatic carbocycles. The number of halogens is 1. The summed E-state index contributed by atoms with van der Waals surface area (Å²) >= 11 is 3.42. The number of anilines is 2. The van der Waals surface area contributed by atoms with Crippen LogP contribution in [0.2, 0.25) is 0 Å². The van der Waals surface area contributed by atoms with E-state index in [1.54, 1.807) is 12.1 Å². The van der Waals surface area contributed by atoms with Crippen molar-refractivity contribution < 1.29 is 14.4 Å². The zero-order chi connectivity index (χ0) is 21.8. The number of pyridine rings is 1. The van der Waals surface area contributed by atoms with E-state index in [9.17, 15) is 10.1 Å². The highest BCUT2D eigenvalue weighted by Crippen LogP contribution is 2.40. The maximum Gasteiger partial charge on any atom is 0.311 e. The second kappa shape index (κ2) is 9.01. The van der Waals surface area contributed by atoms with Crippen LogP contribution in [0.5, 0.6) is 11.5 Å². The largest absolute Gasteiger partial charge is 0.493 e. The van der Waals surface area contributed by atoms with Gasteiger partial charge in [-0.1, -0.05) is 52.3 Å². The van der Waals surface area contributed by atoms with Crippen molar-refractivity contribution in [2.75, 3.05) is 12.4 Å². The van der Waals surface area contributed by atoms with E-state index in [2.05, 4.69) is 26.2 Å². The van der Waals surface area contributed by atoms with Crippen molar-refractivity contribution in [2.45, 2.75) is 6.61 Å². The molecular formula is C23H18BrN3O4. The standard InChI is InChI=1S/C23H18BrN3O4/c1-30-21-11-18-19(12-22(21)31-14-15-6-3-2-4-7-15)25-13-20(27(28)29)23(18)26-17-9-5-8-16(24)10-17/h2-13H,14H2,1H3,(H,25,26). The minimum absolute atomic E-state index is 0.132. The third-order valence-corrected chi connectivity index (χ3v) is 5.15. The molecule has 0 radical (unpaired) electrons. The Morgan fingerprint density at radius 2 is 1.87 bits per heavy atom. The van der Waals surface area contributed by atoms with Crippen LogP contribution in [0, 0.1) is 10.1 Å². The van der Waals surface area contributed by atoms with Crippen LogP contribution in [-0.4, -0.2) is 17.0 Å². The molecule has 31 heavy (non-hydrogen) atoms. The molecule has 0 saturated heterocycles. The number of methoxy groups -OCH3 is 1. The molecule has 0 unspecified atom stereocenters. The van der Waals surface area contributed by atoms with E-state index in [0.717, 1.165) is 10.0 Å². The summed E-state index contributed by atoms with van der Waals surface area (Å²) in [6.07, 6.45) is 1.25. The first-order valence-corrected chi connectivity index (χ1v) is 10.2. The fourth-order valence-electron chi connectivity index (χ4n) is 3.18. The summed E-state index contributed by atoms with van der Waals surface area (Å²) in [7, 11) is 1.53. The Hall–Kier alpha value is -3.65. The molecule has 1 aromatic heterocycles. The second-order valence-electron chi connectivity index (χ2n) is 6.71. The van der Waals surface area contributed by atoms with Crippen LogP contribution in [0.15, 0.2) is 77.4 Å². The molecule has 7 nitrogen and oxygen atoms in total. The van der Waals surface area contributed by atoms with Gasteiger partial charge in [0, 0.05) is 21.6 Å². The lowest BCUT2D eigenvalue weighted by Gasteiger charge is -2.15. The van der Waals surface area contributed by atoms with Crippen molar-refractivity contribution >= 4 is 43.9 Å². The van der Waals surface area contributed by atoms with Gasteiger partial charge in [0.1, 0.15) is 18.5 Å². The lowest BCUT2D eigenvalue weighted by atomic mass is 10.1. The number of benzene rings is 3. The molecule has 0 spiro atoms. The van der Waals surface area contributed by atoms with E-state index >= 15 is 0 Å². The van der Waals surface area contributed by atoms with Crippen LogP contribution in [0.1, 0.15) is 5.56 Å². The summed E-state index contributed by atoms with van der Waals surface area (Å²) in [5, 5.41) is 15.4. The average Bonchev–Trinajstić information content (AvgIpc) is 2.77. The van der Waals surface area contributed by atoms with E-state index < -0.39 is 4.92 Å². The van der Waals surface area contributed by atoms with Crippen LogP contribution in [-0.2, 0) is 6.61 Å². The van der Waals surface area contributed by atoms with E-state index in [1.165, 1.54) is 13.3 Å². The number of nitro groups is 1. The van der Waals surface area contributed by atoms with Crippen LogP contribution in [0.3, 0.4) is 0 Å². The molecule has 8 heteroatoms. The molecule has 1 heterocycles. The number of ether oxygens (including phenoxy) is 2. The van der Waals surface area contributed by atoms with Gasteiger partial charge in [0.2, 0.25) is 0 Å². The molecule has 1 N–H and O–H groups in total. The lowest BCUT2D eigenvalue weighted by molar-refractivity contribution is -0.384. The normalized spacial score (nSPS) is 10.6. The summed E-state index contributed by atoms with van der Waals surface area (Å²) in [5.41, 5.74) is 2.46. The van der Waals surface area contributed by atoms with Gasteiger partial charge >= 0.3 is 5.69 Å². The van der Waals surface area contributed by atoms with Crippen molar-refractivity contribution in [3.8, 4) is 11.5 Å². The molecule has 0 aliphatic heterocycles. The summed E-state index contributed by atoms with van der Waals surface area (Å²) in [5.74, 6) is 0.969. The van der Waals surface area contributed by atoms with Crippen LogP contribution >= 0.6 is 15.9 Å². The molecule has 4 aromatic rings. The van der Waals surface area contributed by atoms with Gasteiger partial charge in [0.25, 0.3) is 0 Å². The number of hydrogen-bond acceptors (Lipinski definition) is 6. The van der Waals surface area contributed by atoms with Gasteiger partial charge in [-0.05, 0) is 29.8 Å². The number of nitrogens with one attached hydrogen (secondary N) is 1. The van der Waals surface area contributed by atoms with Gasteiger partial charge in [-0.25, -0.2) is 4.98 Å². The third-order valence-electron chi connectivity index (χ3n) is 4.66. The summed E-state index contributed by atoms with van der Waals surface area (Å²) < 4.78 is 12.3. The molecule has 3 aromatic carbocycles. The molecule has 0 atom stereocenters. The average molecular weight is 480 g/mol. The summed E-state index contributed by atoms with van der Waals surface area (Å²) in [6.45, 7) is 0.360. The quantitative estimate of drug-likeness (QED) is 0.249. The maximum atomic E-state index is 11.7. The smallest absolute Gasteiger partial charge is 0.311 e. The van der Waals surface area contributed by atoms with Crippen LogP contribution in [0.4, 0.5) is 17.1 Å². The number of nitrogens with zero attached hydrogens (tertiary/aromatic N) is 2. The number of rotatable bonds is 7. The Morgan fingerprint density at radius 1 is 1.06 bits per heavy atom. The highest BCUT2D eigenvalue weighted by Gasteiger charge is 2.21. The highest BCUT2D eigenvalue weighted by molar-refractivity contribution is 9.10. The maximum absolute atomic E-state index is 11.7. The minimum Gasteiger partial charge on any atom is -0.493 e. The topological polar surface area (TPSA) is 86.5 Å². The Balaban J connectivity index is 1.78. The molecule has 0 amide bonds. The Kier molecular flexibility index (Phi) is 5.99. The molecule has 4 rings (SSSR count). The van der Waals surface area contributed by atoms with Gasteiger partial charge in [-0.15, -0.1) is 0 Å². The predicted molar refractivity (Wildman–Crippen MR) is 123 cm³/mol. The molecular weight excluding hydrogens is 462 g/mol. The molecule has 0 saturated carbocycles. The SMILES string of the molecule is COc1cc2c(Nc3cccc(Br)c3)c([N+](=O)[O-])cnc2cc1OCc1ccccc1. The predicted octanol–water partition coefficient (Wildman–Crippen LogP) is 6.24. The van der Waals surface area contributed by atoms with Crippen LogP contribution < -0.4 is 14.8 Å². The van der Waals surface area contributed by atoms with Gasteiger partial charge in [-0.2, -0.15) is 0 Å². The fourth-order valence-corrected chi connectivity index (χ4v) is 3.58. The first kappa shape index (κ1) is 20.6. The Bertz CT molecular complexity index is 1250. The lowest BCUT2D eigenvalue weighted by Crippen LogP contribution is -2.01. The van der Waals surface area contributed by atoms with Gasteiger partial charge in [0.15, 0.2) is 11.5 Å². The zero-order valence-electron chi connectivity index (χ0n) is 16.5. The van der Waals surface area contributed by atoms with Crippen molar-refractivity contribution in [1.82, 2.24) is 4.98 Å². The van der Waals surface area contributed by atoms with E-state index in [1.807, 2.05) is 54.6 Å².